The standard InChI is InChI=1S/C9H12BrNO.ClH/c1-6(2)5-7(11)8-3-4-9(10)12-8;/h3-4,7H,1,5,11H2,2H3;1H/t7-;/m1./s1. The van der Waals surface area contributed by atoms with Crippen molar-refractivity contribution in [2.45, 2.75) is 19.4 Å². The van der Waals surface area contributed by atoms with Gasteiger partial charge in [0.25, 0.3) is 0 Å². The van der Waals surface area contributed by atoms with E-state index >= 15 is 0 Å². The molecule has 0 radical (unpaired) electrons. The first kappa shape index (κ1) is 12.8. The molecule has 13 heavy (non-hydrogen) atoms. The summed E-state index contributed by atoms with van der Waals surface area (Å²) in [5.41, 5.74) is 6.90. The number of furan rings is 1. The third-order valence-electron chi connectivity index (χ3n) is 1.53. The molecule has 4 heteroatoms. The zero-order chi connectivity index (χ0) is 9.14. The highest BCUT2D eigenvalue weighted by Crippen LogP contribution is 2.22. The van der Waals surface area contributed by atoms with Gasteiger partial charge in [-0.1, -0.05) is 5.57 Å². The molecule has 0 saturated heterocycles. The zero-order valence-electron chi connectivity index (χ0n) is 7.42. The molecule has 0 aromatic carbocycles. The van der Waals surface area contributed by atoms with E-state index < -0.39 is 0 Å². The Hall–Kier alpha value is -0.250. The van der Waals surface area contributed by atoms with Gasteiger partial charge in [-0.2, -0.15) is 0 Å². The molecule has 0 fully saturated rings. The number of hydrogen-bond donors (Lipinski definition) is 1. The Morgan fingerprint density at radius 2 is 2.31 bits per heavy atom. The summed E-state index contributed by atoms with van der Waals surface area (Å²) < 4.78 is 6.01. The molecule has 1 atom stereocenters. The predicted molar refractivity (Wildman–Crippen MR) is 60.0 cm³/mol. The summed E-state index contributed by atoms with van der Waals surface area (Å²) in [6, 6.07) is 3.64. The van der Waals surface area contributed by atoms with Gasteiger partial charge in [-0.05, 0) is 41.4 Å². The van der Waals surface area contributed by atoms with Gasteiger partial charge in [0.2, 0.25) is 0 Å². The lowest BCUT2D eigenvalue weighted by Crippen LogP contribution is -2.09. The normalized spacial score (nSPS) is 11.9. The molecule has 2 N–H and O–H groups in total. The minimum atomic E-state index is -0.0752. The van der Waals surface area contributed by atoms with Crippen LogP contribution in [0, 0.1) is 0 Å². The number of rotatable bonds is 3. The summed E-state index contributed by atoms with van der Waals surface area (Å²) in [6.07, 6.45) is 0.764. The van der Waals surface area contributed by atoms with Crippen LogP contribution in [0.25, 0.3) is 0 Å². The molecule has 0 aliphatic rings. The van der Waals surface area contributed by atoms with Crippen LogP contribution in [-0.4, -0.2) is 0 Å². The second-order valence-electron chi connectivity index (χ2n) is 2.91. The molecule has 1 aromatic rings. The maximum atomic E-state index is 5.83. The monoisotopic (exact) mass is 265 g/mol. The number of hydrogen-bond acceptors (Lipinski definition) is 2. The summed E-state index contributed by atoms with van der Waals surface area (Å²) in [4.78, 5) is 0. The van der Waals surface area contributed by atoms with Crippen LogP contribution >= 0.6 is 28.3 Å². The van der Waals surface area contributed by atoms with Gasteiger partial charge in [0.15, 0.2) is 4.67 Å². The van der Waals surface area contributed by atoms with E-state index in [0.717, 1.165) is 22.4 Å². The molecule has 0 spiro atoms. The molecule has 0 saturated carbocycles. The molecular weight excluding hydrogens is 253 g/mol. The minimum Gasteiger partial charge on any atom is -0.453 e. The topological polar surface area (TPSA) is 39.2 Å². The van der Waals surface area contributed by atoms with Gasteiger partial charge in [-0.3, -0.25) is 0 Å². The Morgan fingerprint density at radius 1 is 1.69 bits per heavy atom. The van der Waals surface area contributed by atoms with E-state index in [9.17, 15) is 0 Å². The van der Waals surface area contributed by atoms with Gasteiger partial charge < -0.3 is 10.2 Å². The third-order valence-corrected chi connectivity index (χ3v) is 1.95. The number of halogens is 2. The molecule has 0 bridgehead atoms. The van der Waals surface area contributed by atoms with Crippen LogP contribution < -0.4 is 5.73 Å². The Balaban J connectivity index is 0.00000144. The lowest BCUT2D eigenvalue weighted by atomic mass is 10.1. The molecular formula is C9H13BrClNO. The molecule has 0 unspecified atom stereocenters. The second-order valence-corrected chi connectivity index (χ2v) is 3.69. The molecule has 1 heterocycles. The zero-order valence-corrected chi connectivity index (χ0v) is 9.82. The van der Waals surface area contributed by atoms with Gasteiger partial charge in [0.05, 0.1) is 6.04 Å². The van der Waals surface area contributed by atoms with Crippen molar-refractivity contribution in [1.29, 1.82) is 0 Å². The molecule has 2 nitrogen and oxygen atoms in total. The van der Waals surface area contributed by atoms with Gasteiger partial charge in [-0.15, -0.1) is 19.0 Å². The van der Waals surface area contributed by atoms with Crippen molar-refractivity contribution >= 4 is 28.3 Å². The van der Waals surface area contributed by atoms with E-state index in [4.69, 9.17) is 10.2 Å². The Labute approximate surface area is 92.7 Å². The largest absolute Gasteiger partial charge is 0.453 e. The lowest BCUT2D eigenvalue weighted by Gasteiger charge is -2.06. The fourth-order valence-corrected chi connectivity index (χ4v) is 1.32. The maximum Gasteiger partial charge on any atom is 0.169 e. The van der Waals surface area contributed by atoms with Crippen LogP contribution in [-0.2, 0) is 0 Å². The van der Waals surface area contributed by atoms with Crippen molar-refractivity contribution in [3.63, 3.8) is 0 Å². The fourth-order valence-electron chi connectivity index (χ4n) is 1.00. The first-order valence-electron chi connectivity index (χ1n) is 3.75. The summed E-state index contributed by atoms with van der Waals surface area (Å²) in [5, 5.41) is 0. The highest BCUT2D eigenvalue weighted by atomic mass is 79.9. The van der Waals surface area contributed by atoms with E-state index in [-0.39, 0.29) is 18.4 Å². The SMILES string of the molecule is C=C(C)C[C@@H](N)c1ccc(Br)o1.Cl. The van der Waals surface area contributed by atoms with Crippen molar-refractivity contribution in [3.05, 3.63) is 34.7 Å². The highest BCUT2D eigenvalue weighted by Gasteiger charge is 2.09. The van der Waals surface area contributed by atoms with Crippen LogP contribution in [0.4, 0.5) is 0 Å². The van der Waals surface area contributed by atoms with E-state index in [2.05, 4.69) is 22.5 Å². The summed E-state index contributed by atoms with van der Waals surface area (Å²) in [7, 11) is 0. The average molecular weight is 267 g/mol. The van der Waals surface area contributed by atoms with E-state index in [0.29, 0.717) is 0 Å². The summed E-state index contributed by atoms with van der Waals surface area (Å²) in [6.45, 7) is 5.75. The minimum absolute atomic E-state index is 0. The fraction of sp³-hybridized carbons (Fsp3) is 0.333. The Bertz CT molecular complexity index is 285. The van der Waals surface area contributed by atoms with Crippen molar-refractivity contribution in [2.24, 2.45) is 5.73 Å². The molecule has 0 aliphatic carbocycles. The van der Waals surface area contributed by atoms with Crippen LogP contribution in [0.1, 0.15) is 25.1 Å². The van der Waals surface area contributed by atoms with Gasteiger partial charge >= 0.3 is 0 Å². The van der Waals surface area contributed by atoms with Crippen LogP contribution in [0.5, 0.6) is 0 Å². The van der Waals surface area contributed by atoms with Crippen molar-refractivity contribution in [2.75, 3.05) is 0 Å². The van der Waals surface area contributed by atoms with Gasteiger partial charge in [-0.25, -0.2) is 0 Å². The van der Waals surface area contributed by atoms with Crippen molar-refractivity contribution in [1.82, 2.24) is 0 Å². The van der Waals surface area contributed by atoms with Crippen LogP contribution in [0.2, 0.25) is 0 Å². The molecule has 0 aliphatic heterocycles. The Kier molecular flexibility index (Phi) is 5.37. The smallest absolute Gasteiger partial charge is 0.169 e. The molecule has 0 amide bonds. The highest BCUT2D eigenvalue weighted by molar-refractivity contribution is 9.10. The van der Waals surface area contributed by atoms with E-state index in [1.807, 2.05) is 19.1 Å². The second kappa shape index (κ2) is 5.47. The van der Waals surface area contributed by atoms with E-state index in [1.165, 1.54) is 0 Å². The molecule has 74 valence electrons. The predicted octanol–water partition coefficient (Wildman–Crippen LogP) is 3.43. The lowest BCUT2D eigenvalue weighted by molar-refractivity contribution is 0.447. The third kappa shape index (κ3) is 3.98. The van der Waals surface area contributed by atoms with Crippen molar-refractivity contribution in [3.8, 4) is 0 Å². The average Bonchev–Trinajstić information content (AvgIpc) is 2.34. The van der Waals surface area contributed by atoms with Crippen molar-refractivity contribution < 1.29 is 4.42 Å². The first-order valence-corrected chi connectivity index (χ1v) is 4.54. The summed E-state index contributed by atoms with van der Waals surface area (Å²) in [5.74, 6) is 0.796. The van der Waals surface area contributed by atoms with Gasteiger partial charge in [0, 0.05) is 0 Å². The molecule has 1 aromatic heterocycles. The van der Waals surface area contributed by atoms with E-state index in [1.54, 1.807) is 0 Å². The Morgan fingerprint density at radius 3 is 2.69 bits per heavy atom. The molecule has 1 rings (SSSR count). The van der Waals surface area contributed by atoms with Crippen LogP contribution in [0.15, 0.2) is 33.4 Å². The van der Waals surface area contributed by atoms with Gasteiger partial charge in [0.1, 0.15) is 5.76 Å². The summed E-state index contributed by atoms with van der Waals surface area (Å²) >= 11 is 3.22. The maximum absolute atomic E-state index is 5.83. The van der Waals surface area contributed by atoms with Crippen LogP contribution in [0.3, 0.4) is 0 Å². The number of nitrogens with two attached hydrogens (primary N) is 1. The first-order chi connectivity index (χ1) is 5.59. The quantitative estimate of drug-likeness (QED) is 0.851.